The van der Waals surface area contributed by atoms with Crippen LogP contribution in [0.2, 0.25) is 0 Å². The maximum atomic E-state index is 12.7. The molecule has 0 aliphatic heterocycles. The fourth-order valence-electron chi connectivity index (χ4n) is 1.28. The third-order valence-corrected chi connectivity index (χ3v) is 2.03. The molecule has 0 spiro atoms. The van der Waals surface area contributed by atoms with Crippen molar-refractivity contribution in [1.82, 2.24) is 4.98 Å². The number of oxazole rings is 1. The molecule has 88 valence electrons. The summed E-state index contributed by atoms with van der Waals surface area (Å²) in [4.78, 5) is 14.2. The van der Waals surface area contributed by atoms with Crippen molar-refractivity contribution in [3.8, 4) is 17.3 Å². The number of benzene rings is 1. The van der Waals surface area contributed by atoms with Gasteiger partial charge in [-0.3, -0.25) is 0 Å². The van der Waals surface area contributed by atoms with Gasteiger partial charge in [0.15, 0.2) is 5.76 Å². The van der Waals surface area contributed by atoms with Gasteiger partial charge in [0.05, 0.1) is 0 Å². The summed E-state index contributed by atoms with van der Waals surface area (Å²) in [6.07, 6.45) is -1.47. The highest BCUT2D eigenvalue weighted by Gasteiger charge is 2.15. The average molecular weight is 237 g/mol. The first kappa shape index (κ1) is 11.1. The highest BCUT2D eigenvalue weighted by Crippen LogP contribution is 2.26. The first-order valence-corrected chi connectivity index (χ1v) is 4.70. The summed E-state index contributed by atoms with van der Waals surface area (Å²) < 4.78 is 22.3. The van der Waals surface area contributed by atoms with Crippen molar-refractivity contribution in [1.29, 1.82) is 0 Å². The predicted molar refractivity (Wildman–Crippen MR) is 55.3 cm³/mol. The zero-order chi connectivity index (χ0) is 12.4. The largest absolute Gasteiger partial charge is 0.512 e. The maximum absolute atomic E-state index is 12.7. The van der Waals surface area contributed by atoms with Crippen LogP contribution in [0.15, 0.2) is 28.7 Å². The van der Waals surface area contributed by atoms with E-state index in [1.165, 1.54) is 31.2 Å². The van der Waals surface area contributed by atoms with Crippen molar-refractivity contribution in [3.05, 3.63) is 35.8 Å². The fourth-order valence-corrected chi connectivity index (χ4v) is 1.28. The van der Waals surface area contributed by atoms with E-state index < -0.39 is 6.16 Å². The van der Waals surface area contributed by atoms with Crippen molar-refractivity contribution in [2.45, 2.75) is 6.92 Å². The predicted octanol–water partition coefficient (Wildman–Crippen LogP) is 2.85. The Morgan fingerprint density at radius 2 is 2.06 bits per heavy atom. The Hall–Kier alpha value is -2.37. The molecule has 0 fully saturated rings. The molecular formula is C11H8FNO4. The number of carbonyl (C=O) groups is 1. The molecule has 1 aromatic heterocycles. The minimum absolute atomic E-state index is 0.114. The number of ether oxygens (including phenoxy) is 1. The van der Waals surface area contributed by atoms with Crippen LogP contribution in [0.3, 0.4) is 0 Å². The summed E-state index contributed by atoms with van der Waals surface area (Å²) >= 11 is 0. The molecule has 1 heterocycles. The fraction of sp³-hybridized carbons (Fsp3) is 0.0909. The van der Waals surface area contributed by atoms with Crippen LogP contribution in [-0.2, 0) is 0 Å². The minimum Gasteiger partial charge on any atom is -0.449 e. The van der Waals surface area contributed by atoms with Crippen LogP contribution in [0.5, 0.6) is 5.88 Å². The second kappa shape index (κ2) is 4.25. The topological polar surface area (TPSA) is 72.6 Å². The van der Waals surface area contributed by atoms with Crippen LogP contribution in [-0.4, -0.2) is 16.2 Å². The molecule has 0 aliphatic rings. The Morgan fingerprint density at radius 3 is 2.65 bits per heavy atom. The molecule has 1 aromatic carbocycles. The number of nitrogens with zero attached hydrogens (tertiary/aromatic N) is 1. The van der Waals surface area contributed by atoms with Crippen LogP contribution < -0.4 is 4.74 Å². The summed E-state index contributed by atoms with van der Waals surface area (Å²) in [5.74, 6) is -0.0682. The molecule has 0 bridgehead atoms. The molecule has 0 unspecified atom stereocenters. The van der Waals surface area contributed by atoms with E-state index in [0.717, 1.165) is 0 Å². The number of aryl methyl sites for hydroxylation is 1. The van der Waals surface area contributed by atoms with Gasteiger partial charge in [0.25, 0.3) is 5.88 Å². The Kier molecular flexibility index (Phi) is 2.78. The average Bonchev–Trinajstić information content (AvgIpc) is 2.60. The van der Waals surface area contributed by atoms with Crippen molar-refractivity contribution < 1.29 is 23.4 Å². The standard InChI is InChI=1S/C11H8FNO4/c1-6-9(17-11(14)15)13-10(16-6)7-2-4-8(12)5-3-7/h2-5H,1H3,(H,14,15). The van der Waals surface area contributed by atoms with Crippen LogP contribution in [0, 0.1) is 12.7 Å². The highest BCUT2D eigenvalue weighted by atomic mass is 19.1. The van der Waals surface area contributed by atoms with Crippen molar-refractivity contribution in [2.75, 3.05) is 0 Å². The van der Waals surface area contributed by atoms with Gasteiger partial charge in [-0.2, -0.15) is 4.98 Å². The lowest BCUT2D eigenvalue weighted by Crippen LogP contribution is -2.03. The second-order valence-electron chi connectivity index (χ2n) is 3.26. The molecule has 0 saturated heterocycles. The van der Waals surface area contributed by atoms with E-state index in [-0.39, 0.29) is 23.3 Å². The molecule has 0 radical (unpaired) electrons. The molecule has 0 aliphatic carbocycles. The van der Waals surface area contributed by atoms with Crippen molar-refractivity contribution in [2.24, 2.45) is 0 Å². The summed E-state index contributed by atoms with van der Waals surface area (Å²) in [6.45, 7) is 1.53. The van der Waals surface area contributed by atoms with Gasteiger partial charge < -0.3 is 14.3 Å². The summed E-state index contributed by atoms with van der Waals surface area (Å²) in [5.41, 5.74) is 0.537. The van der Waals surface area contributed by atoms with Gasteiger partial charge in [-0.15, -0.1) is 0 Å². The number of aromatic nitrogens is 1. The molecule has 2 rings (SSSR count). The molecule has 2 aromatic rings. The third-order valence-electron chi connectivity index (χ3n) is 2.03. The van der Waals surface area contributed by atoms with Crippen molar-refractivity contribution in [3.63, 3.8) is 0 Å². The van der Waals surface area contributed by atoms with Gasteiger partial charge in [0, 0.05) is 5.56 Å². The lowest BCUT2D eigenvalue weighted by atomic mass is 10.2. The molecule has 17 heavy (non-hydrogen) atoms. The van der Waals surface area contributed by atoms with Gasteiger partial charge in [-0.25, -0.2) is 9.18 Å². The number of carboxylic acid groups (broad SMARTS) is 1. The number of rotatable bonds is 2. The number of halogens is 1. The molecule has 6 heteroatoms. The van der Waals surface area contributed by atoms with Crippen LogP contribution in [0.4, 0.5) is 9.18 Å². The van der Waals surface area contributed by atoms with Crippen LogP contribution in [0.1, 0.15) is 5.76 Å². The number of hydrogen-bond acceptors (Lipinski definition) is 4. The molecule has 5 nitrogen and oxygen atoms in total. The lowest BCUT2D eigenvalue weighted by molar-refractivity contribution is 0.142. The Balaban J connectivity index is 2.34. The third kappa shape index (κ3) is 2.41. The first-order chi connectivity index (χ1) is 8.06. The van der Waals surface area contributed by atoms with Crippen molar-refractivity contribution >= 4 is 6.16 Å². The second-order valence-corrected chi connectivity index (χ2v) is 3.26. The zero-order valence-electron chi connectivity index (χ0n) is 8.81. The SMILES string of the molecule is Cc1oc(-c2ccc(F)cc2)nc1OC(=O)O. The normalized spacial score (nSPS) is 10.2. The Morgan fingerprint density at radius 1 is 1.41 bits per heavy atom. The molecular weight excluding hydrogens is 229 g/mol. The van der Waals surface area contributed by atoms with E-state index in [1.54, 1.807) is 0 Å². The van der Waals surface area contributed by atoms with E-state index in [2.05, 4.69) is 9.72 Å². The lowest BCUT2D eigenvalue weighted by Gasteiger charge is -1.93. The summed E-state index contributed by atoms with van der Waals surface area (Å²) in [5, 5.41) is 8.45. The summed E-state index contributed by atoms with van der Waals surface area (Å²) in [7, 11) is 0. The molecule has 0 saturated carbocycles. The van der Waals surface area contributed by atoms with E-state index in [4.69, 9.17) is 9.52 Å². The van der Waals surface area contributed by atoms with Gasteiger partial charge in [0.2, 0.25) is 5.89 Å². The van der Waals surface area contributed by atoms with Crippen LogP contribution >= 0.6 is 0 Å². The van der Waals surface area contributed by atoms with Gasteiger partial charge >= 0.3 is 6.16 Å². The van der Waals surface area contributed by atoms with E-state index >= 15 is 0 Å². The van der Waals surface area contributed by atoms with Gasteiger partial charge in [0.1, 0.15) is 5.82 Å². The van der Waals surface area contributed by atoms with E-state index in [1.807, 2.05) is 0 Å². The maximum Gasteiger partial charge on any atom is 0.512 e. The Bertz CT molecular complexity index is 547. The Labute approximate surface area is 95.5 Å². The number of hydrogen-bond donors (Lipinski definition) is 1. The summed E-state index contributed by atoms with van der Waals surface area (Å²) in [6, 6.07) is 5.47. The van der Waals surface area contributed by atoms with E-state index in [0.29, 0.717) is 5.56 Å². The van der Waals surface area contributed by atoms with Gasteiger partial charge in [-0.05, 0) is 31.2 Å². The zero-order valence-corrected chi connectivity index (χ0v) is 8.81. The molecule has 0 amide bonds. The van der Waals surface area contributed by atoms with Crippen LogP contribution in [0.25, 0.3) is 11.5 Å². The molecule has 1 N–H and O–H groups in total. The van der Waals surface area contributed by atoms with E-state index in [9.17, 15) is 9.18 Å². The minimum atomic E-state index is -1.47. The highest BCUT2D eigenvalue weighted by molar-refractivity contribution is 5.61. The smallest absolute Gasteiger partial charge is 0.449 e. The molecule has 0 atom stereocenters. The first-order valence-electron chi connectivity index (χ1n) is 4.70. The quantitative estimate of drug-likeness (QED) is 0.813. The van der Waals surface area contributed by atoms with Gasteiger partial charge in [-0.1, -0.05) is 0 Å². The monoisotopic (exact) mass is 237 g/mol.